The summed E-state index contributed by atoms with van der Waals surface area (Å²) in [4.78, 5) is 0. The van der Waals surface area contributed by atoms with Crippen molar-refractivity contribution in [1.29, 1.82) is 5.26 Å². The summed E-state index contributed by atoms with van der Waals surface area (Å²) in [5.41, 5.74) is 1.27. The molecular formula is C13H13FN2. The van der Waals surface area contributed by atoms with Crippen molar-refractivity contribution in [3.63, 3.8) is 0 Å². The lowest BCUT2D eigenvalue weighted by Crippen LogP contribution is -2.26. The Kier molecular flexibility index (Phi) is 3.33. The van der Waals surface area contributed by atoms with Gasteiger partial charge < -0.3 is 5.32 Å². The Labute approximate surface area is 94.4 Å². The first-order valence-corrected chi connectivity index (χ1v) is 5.36. The van der Waals surface area contributed by atoms with E-state index in [0.717, 1.165) is 18.4 Å². The summed E-state index contributed by atoms with van der Waals surface area (Å²) in [6.45, 7) is 0.549. The molecule has 0 bridgehead atoms. The molecule has 0 aromatic heterocycles. The highest BCUT2D eigenvalue weighted by Gasteiger charge is 2.10. The summed E-state index contributed by atoms with van der Waals surface area (Å²) in [7, 11) is 0. The molecule has 0 amide bonds. The Hall–Kier alpha value is -1.66. The van der Waals surface area contributed by atoms with Gasteiger partial charge in [-0.05, 0) is 36.6 Å². The lowest BCUT2D eigenvalue weighted by molar-refractivity contribution is 0.535. The first-order chi connectivity index (χ1) is 7.79. The molecule has 1 N–H and O–H groups in total. The Balaban J connectivity index is 2.02. The molecule has 82 valence electrons. The second kappa shape index (κ2) is 4.91. The summed E-state index contributed by atoms with van der Waals surface area (Å²) in [5.74, 6) is -0.291. The monoisotopic (exact) mass is 216 g/mol. The van der Waals surface area contributed by atoms with Gasteiger partial charge in [0, 0.05) is 12.6 Å². The van der Waals surface area contributed by atoms with Crippen LogP contribution in [0.2, 0.25) is 0 Å². The first-order valence-electron chi connectivity index (χ1n) is 5.36. The molecule has 1 aliphatic carbocycles. The summed E-state index contributed by atoms with van der Waals surface area (Å²) >= 11 is 0. The minimum Gasteiger partial charge on any atom is -0.309 e. The molecule has 0 heterocycles. The van der Waals surface area contributed by atoms with Crippen molar-refractivity contribution in [1.82, 2.24) is 5.32 Å². The zero-order valence-corrected chi connectivity index (χ0v) is 8.91. The van der Waals surface area contributed by atoms with Crippen molar-refractivity contribution in [3.8, 4) is 6.07 Å². The quantitative estimate of drug-likeness (QED) is 0.788. The molecule has 0 saturated carbocycles. The van der Waals surface area contributed by atoms with Crippen molar-refractivity contribution in [2.75, 3.05) is 0 Å². The number of nitrogens with one attached hydrogen (secondary N) is 1. The van der Waals surface area contributed by atoms with Gasteiger partial charge in [-0.1, -0.05) is 12.2 Å². The van der Waals surface area contributed by atoms with E-state index in [1.54, 1.807) is 0 Å². The van der Waals surface area contributed by atoms with Crippen molar-refractivity contribution in [3.05, 3.63) is 47.3 Å². The fraction of sp³-hybridized carbons (Fsp3) is 0.308. The van der Waals surface area contributed by atoms with Gasteiger partial charge in [0.25, 0.3) is 0 Å². The maximum absolute atomic E-state index is 13.0. The predicted octanol–water partition coefficient (Wildman–Crippen LogP) is 2.51. The van der Waals surface area contributed by atoms with Gasteiger partial charge in [0.2, 0.25) is 0 Å². The fourth-order valence-electron chi connectivity index (χ4n) is 1.86. The molecule has 16 heavy (non-hydrogen) atoms. The molecular weight excluding hydrogens is 203 g/mol. The van der Waals surface area contributed by atoms with Crippen molar-refractivity contribution in [2.45, 2.75) is 25.4 Å². The summed E-state index contributed by atoms with van der Waals surface area (Å²) in [5, 5.41) is 12.2. The third-order valence-corrected chi connectivity index (χ3v) is 2.78. The molecule has 0 unspecified atom stereocenters. The van der Waals surface area contributed by atoms with Crippen LogP contribution < -0.4 is 5.32 Å². The van der Waals surface area contributed by atoms with E-state index in [9.17, 15) is 4.39 Å². The Morgan fingerprint density at radius 3 is 2.81 bits per heavy atom. The van der Waals surface area contributed by atoms with Crippen LogP contribution in [-0.4, -0.2) is 6.04 Å². The number of nitriles is 1. The van der Waals surface area contributed by atoms with Crippen LogP contribution in [0.4, 0.5) is 4.39 Å². The highest BCUT2D eigenvalue weighted by Crippen LogP contribution is 2.13. The zero-order chi connectivity index (χ0) is 11.4. The number of benzene rings is 1. The van der Waals surface area contributed by atoms with Crippen LogP contribution >= 0.6 is 0 Å². The van der Waals surface area contributed by atoms with Crippen LogP contribution in [0.15, 0.2) is 30.4 Å². The molecule has 0 saturated heterocycles. The largest absolute Gasteiger partial charge is 0.309 e. The van der Waals surface area contributed by atoms with E-state index >= 15 is 0 Å². The van der Waals surface area contributed by atoms with Crippen molar-refractivity contribution in [2.24, 2.45) is 0 Å². The van der Waals surface area contributed by atoms with Crippen molar-refractivity contribution < 1.29 is 4.39 Å². The van der Waals surface area contributed by atoms with E-state index in [2.05, 4.69) is 23.5 Å². The highest BCUT2D eigenvalue weighted by molar-refractivity contribution is 5.37. The molecule has 0 spiro atoms. The number of rotatable bonds is 3. The molecule has 2 nitrogen and oxygen atoms in total. The summed E-state index contributed by atoms with van der Waals surface area (Å²) < 4.78 is 13.0. The molecule has 2 rings (SSSR count). The normalized spacial score (nSPS) is 15.2. The molecule has 0 radical (unpaired) electrons. The number of hydrogen-bond donors (Lipinski definition) is 1. The Morgan fingerprint density at radius 2 is 2.12 bits per heavy atom. The standard InChI is InChI=1S/C13H13FN2/c14-12-6-5-10(8-15)11(7-12)9-16-13-3-1-2-4-13/h1-2,5-7,13,16H,3-4,9H2. The van der Waals surface area contributed by atoms with E-state index in [1.165, 1.54) is 18.2 Å². The predicted molar refractivity (Wildman–Crippen MR) is 60.1 cm³/mol. The van der Waals surface area contributed by atoms with Crippen LogP contribution in [0.25, 0.3) is 0 Å². The maximum Gasteiger partial charge on any atom is 0.123 e. The Morgan fingerprint density at radius 1 is 1.38 bits per heavy atom. The molecule has 0 atom stereocenters. The third-order valence-electron chi connectivity index (χ3n) is 2.78. The van der Waals surface area contributed by atoms with Crippen LogP contribution in [0.1, 0.15) is 24.0 Å². The SMILES string of the molecule is N#Cc1ccc(F)cc1CNC1CC=CC1. The van der Waals surface area contributed by atoms with Gasteiger partial charge in [-0.25, -0.2) is 4.39 Å². The number of hydrogen-bond acceptors (Lipinski definition) is 2. The van der Waals surface area contributed by atoms with Gasteiger partial charge in [0.15, 0.2) is 0 Å². The van der Waals surface area contributed by atoms with Crippen LogP contribution in [0, 0.1) is 17.1 Å². The minimum absolute atomic E-state index is 0.291. The fourth-order valence-corrected chi connectivity index (χ4v) is 1.86. The molecule has 1 aromatic rings. The number of nitrogens with zero attached hydrogens (tertiary/aromatic N) is 1. The maximum atomic E-state index is 13.0. The molecule has 0 aliphatic heterocycles. The average Bonchev–Trinajstić information content (AvgIpc) is 2.79. The highest BCUT2D eigenvalue weighted by atomic mass is 19.1. The van der Waals surface area contributed by atoms with Gasteiger partial charge in [0.1, 0.15) is 5.82 Å². The molecule has 1 aromatic carbocycles. The van der Waals surface area contributed by atoms with E-state index in [0.29, 0.717) is 18.2 Å². The summed E-state index contributed by atoms with van der Waals surface area (Å²) in [6, 6.07) is 6.77. The van der Waals surface area contributed by atoms with Gasteiger partial charge in [-0.15, -0.1) is 0 Å². The van der Waals surface area contributed by atoms with Gasteiger partial charge in [-0.2, -0.15) is 5.26 Å². The second-order valence-electron chi connectivity index (χ2n) is 3.93. The molecule has 3 heteroatoms. The second-order valence-corrected chi connectivity index (χ2v) is 3.93. The minimum atomic E-state index is -0.291. The van der Waals surface area contributed by atoms with Crippen LogP contribution in [0.5, 0.6) is 0 Å². The average molecular weight is 216 g/mol. The lowest BCUT2D eigenvalue weighted by atomic mass is 10.1. The Bertz CT molecular complexity index is 438. The van der Waals surface area contributed by atoms with Crippen LogP contribution in [0.3, 0.4) is 0 Å². The summed E-state index contributed by atoms with van der Waals surface area (Å²) in [6.07, 6.45) is 6.29. The van der Waals surface area contributed by atoms with E-state index in [4.69, 9.17) is 5.26 Å². The van der Waals surface area contributed by atoms with E-state index < -0.39 is 0 Å². The van der Waals surface area contributed by atoms with Crippen LogP contribution in [-0.2, 0) is 6.54 Å². The molecule has 1 aliphatic rings. The topological polar surface area (TPSA) is 35.8 Å². The lowest BCUT2D eigenvalue weighted by Gasteiger charge is -2.12. The van der Waals surface area contributed by atoms with Crippen molar-refractivity contribution >= 4 is 0 Å². The van der Waals surface area contributed by atoms with E-state index in [1.807, 2.05) is 0 Å². The van der Waals surface area contributed by atoms with Gasteiger partial charge >= 0.3 is 0 Å². The zero-order valence-electron chi connectivity index (χ0n) is 8.91. The molecule has 0 fully saturated rings. The van der Waals surface area contributed by atoms with Gasteiger partial charge in [-0.3, -0.25) is 0 Å². The smallest absolute Gasteiger partial charge is 0.123 e. The first kappa shape index (κ1) is 10.8. The van der Waals surface area contributed by atoms with Gasteiger partial charge in [0.05, 0.1) is 11.6 Å². The third kappa shape index (κ3) is 2.47. The number of halogens is 1. The van der Waals surface area contributed by atoms with E-state index in [-0.39, 0.29) is 5.82 Å².